The first kappa shape index (κ1) is 11.5. The Hall–Kier alpha value is -1.99. The molecule has 2 rings (SSSR count). The highest BCUT2D eigenvalue weighted by Gasteiger charge is 2.15. The van der Waals surface area contributed by atoms with Crippen molar-refractivity contribution in [2.75, 3.05) is 5.73 Å². The predicted octanol–water partition coefficient (Wildman–Crippen LogP) is 1.08. The van der Waals surface area contributed by atoms with Crippen LogP contribution in [0.5, 0.6) is 11.5 Å². The van der Waals surface area contributed by atoms with Crippen LogP contribution in [-0.2, 0) is 10.1 Å². The van der Waals surface area contributed by atoms with E-state index in [1.54, 1.807) is 0 Å². The quantitative estimate of drug-likeness (QED) is 0.447. The van der Waals surface area contributed by atoms with Gasteiger partial charge >= 0.3 is 0 Å². The zero-order valence-corrected chi connectivity index (χ0v) is 9.27. The van der Waals surface area contributed by atoms with Gasteiger partial charge in [-0.15, -0.1) is 0 Å². The number of rotatable bonds is 1. The molecule has 6 nitrogen and oxygen atoms in total. The van der Waals surface area contributed by atoms with E-state index in [-0.39, 0.29) is 22.2 Å². The minimum absolute atomic E-state index is 0.0756. The highest BCUT2D eigenvalue weighted by atomic mass is 32.2. The highest BCUT2D eigenvalue weighted by molar-refractivity contribution is 7.85. The molecule has 0 fully saturated rings. The van der Waals surface area contributed by atoms with Gasteiger partial charge < -0.3 is 15.9 Å². The first-order valence-corrected chi connectivity index (χ1v) is 5.96. The van der Waals surface area contributed by atoms with Crippen LogP contribution >= 0.6 is 0 Å². The van der Waals surface area contributed by atoms with Crippen LogP contribution in [0.2, 0.25) is 0 Å². The largest absolute Gasteiger partial charge is 0.507 e. The molecule has 0 saturated heterocycles. The molecule has 0 bridgehead atoms. The molecule has 90 valence electrons. The third-order valence-electron chi connectivity index (χ3n) is 2.30. The molecule has 0 radical (unpaired) electrons. The van der Waals surface area contributed by atoms with Gasteiger partial charge in [-0.3, -0.25) is 4.55 Å². The second kappa shape index (κ2) is 3.51. The maximum Gasteiger partial charge on any atom is 0.294 e. The van der Waals surface area contributed by atoms with E-state index in [0.29, 0.717) is 0 Å². The van der Waals surface area contributed by atoms with Crippen LogP contribution < -0.4 is 5.73 Å². The van der Waals surface area contributed by atoms with Gasteiger partial charge in [0.15, 0.2) is 0 Å². The molecule has 0 amide bonds. The van der Waals surface area contributed by atoms with E-state index in [4.69, 9.17) is 10.3 Å². The minimum Gasteiger partial charge on any atom is -0.507 e. The number of anilines is 1. The molecule has 0 atom stereocenters. The Morgan fingerprint density at radius 1 is 1.00 bits per heavy atom. The van der Waals surface area contributed by atoms with Gasteiger partial charge in [0.25, 0.3) is 10.1 Å². The van der Waals surface area contributed by atoms with Gasteiger partial charge in [0.05, 0.1) is 10.3 Å². The molecule has 2 aromatic carbocycles. The smallest absolute Gasteiger partial charge is 0.294 e. The van der Waals surface area contributed by atoms with Crippen molar-refractivity contribution >= 4 is 26.6 Å². The van der Waals surface area contributed by atoms with Crippen molar-refractivity contribution in [1.29, 1.82) is 0 Å². The number of nitrogen functional groups attached to an aromatic ring is 1. The lowest BCUT2D eigenvalue weighted by molar-refractivity contribution is 0.459. The molecule has 0 aromatic heterocycles. The molecular formula is C10H9NO5S. The monoisotopic (exact) mass is 255 g/mol. The Morgan fingerprint density at radius 3 is 2.18 bits per heavy atom. The first-order chi connectivity index (χ1) is 7.79. The van der Waals surface area contributed by atoms with Crippen LogP contribution in [0.15, 0.2) is 29.2 Å². The lowest BCUT2D eigenvalue weighted by Crippen LogP contribution is -1.98. The SMILES string of the molecule is Nc1cc(O)c2c(O)cc(S(=O)(=O)O)cc2c1. The number of hydrogen-bond acceptors (Lipinski definition) is 5. The zero-order chi connectivity index (χ0) is 12.8. The van der Waals surface area contributed by atoms with E-state index in [1.807, 2.05) is 0 Å². The summed E-state index contributed by atoms with van der Waals surface area (Å²) in [5.74, 6) is -0.716. The van der Waals surface area contributed by atoms with Crippen molar-refractivity contribution in [3.63, 3.8) is 0 Å². The number of fused-ring (bicyclic) bond motifs is 1. The fourth-order valence-corrected chi connectivity index (χ4v) is 2.15. The van der Waals surface area contributed by atoms with Crippen molar-refractivity contribution < 1.29 is 23.2 Å². The molecule has 0 unspecified atom stereocenters. The van der Waals surface area contributed by atoms with Gasteiger partial charge in [-0.2, -0.15) is 8.42 Å². The number of phenols is 2. The average molecular weight is 255 g/mol. The Bertz CT molecular complexity index is 708. The van der Waals surface area contributed by atoms with Crippen LogP contribution in [0, 0.1) is 0 Å². The van der Waals surface area contributed by atoms with Gasteiger partial charge in [0, 0.05) is 17.8 Å². The summed E-state index contributed by atoms with van der Waals surface area (Å²) in [5, 5.41) is 19.5. The third-order valence-corrected chi connectivity index (χ3v) is 3.13. The van der Waals surface area contributed by atoms with Gasteiger partial charge in [0.2, 0.25) is 0 Å². The van der Waals surface area contributed by atoms with Crippen molar-refractivity contribution in [2.45, 2.75) is 4.90 Å². The van der Waals surface area contributed by atoms with E-state index >= 15 is 0 Å². The number of aromatic hydroxyl groups is 2. The molecule has 0 spiro atoms. The van der Waals surface area contributed by atoms with Crippen LogP contribution in [0.1, 0.15) is 0 Å². The van der Waals surface area contributed by atoms with Crippen molar-refractivity contribution in [3.05, 3.63) is 24.3 Å². The maximum atomic E-state index is 10.9. The van der Waals surface area contributed by atoms with Gasteiger partial charge in [-0.1, -0.05) is 0 Å². The number of nitrogens with two attached hydrogens (primary N) is 1. The van der Waals surface area contributed by atoms with Crippen LogP contribution in [0.25, 0.3) is 10.8 Å². The van der Waals surface area contributed by atoms with Gasteiger partial charge in [-0.25, -0.2) is 0 Å². The number of phenolic OH excluding ortho intramolecular Hbond substituents is 2. The fourth-order valence-electron chi connectivity index (χ4n) is 1.62. The summed E-state index contributed by atoms with van der Waals surface area (Å²) >= 11 is 0. The Morgan fingerprint density at radius 2 is 1.59 bits per heavy atom. The third kappa shape index (κ3) is 1.97. The average Bonchev–Trinajstić information content (AvgIpc) is 2.13. The minimum atomic E-state index is -4.42. The standard InChI is InChI=1S/C10H9NO5S/c11-6-1-5-2-7(17(14,15)16)4-9(13)10(5)8(12)3-6/h1-4,12-13H,11H2,(H,14,15,16). The lowest BCUT2D eigenvalue weighted by Gasteiger charge is -2.07. The topological polar surface area (TPSA) is 121 Å². The summed E-state index contributed by atoms with van der Waals surface area (Å²) < 4.78 is 30.8. The van der Waals surface area contributed by atoms with E-state index < -0.39 is 20.8 Å². The van der Waals surface area contributed by atoms with Gasteiger partial charge in [-0.05, 0) is 17.5 Å². The Balaban J connectivity index is 2.92. The molecule has 0 saturated carbocycles. The normalized spacial score (nSPS) is 11.8. The lowest BCUT2D eigenvalue weighted by atomic mass is 10.1. The molecule has 17 heavy (non-hydrogen) atoms. The van der Waals surface area contributed by atoms with Crippen molar-refractivity contribution in [2.24, 2.45) is 0 Å². The molecular weight excluding hydrogens is 246 g/mol. The fraction of sp³-hybridized carbons (Fsp3) is 0. The molecule has 0 aliphatic carbocycles. The Kier molecular flexibility index (Phi) is 2.37. The summed E-state index contributed by atoms with van der Waals surface area (Å²) in [7, 11) is -4.42. The van der Waals surface area contributed by atoms with E-state index in [0.717, 1.165) is 12.1 Å². The van der Waals surface area contributed by atoms with Crippen LogP contribution in [0.3, 0.4) is 0 Å². The van der Waals surface area contributed by atoms with Crippen LogP contribution in [0.4, 0.5) is 5.69 Å². The summed E-state index contributed by atoms with van der Waals surface area (Å²) in [6, 6.07) is 4.58. The molecule has 0 heterocycles. The number of hydrogen-bond donors (Lipinski definition) is 4. The molecule has 0 aliphatic rings. The number of benzene rings is 2. The van der Waals surface area contributed by atoms with E-state index in [1.165, 1.54) is 12.1 Å². The second-order valence-corrected chi connectivity index (χ2v) is 4.98. The summed E-state index contributed by atoms with van der Waals surface area (Å²) in [6.45, 7) is 0. The zero-order valence-electron chi connectivity index (χ0n) is 8.45. The molecule has 7 heteroatoms. The van der Waals surface area contributed by atoms with Gasteiger partial charge in [0.1, 0.15) is 11.5 Å². The molecule has 5 N–H and O–H groups in total. The molecule has 2 aromatic rings. The summed E-state index contributed by atoms with van der Waals surface area (Å²) in [4.78, 5) is -0.465. The van der Waals surface area contributed by atoms with Crippen molar-refractivity contribution in [1.82, 2.24) is 0 Å². The highest BCUT2D eigenvalue weighted by Crippen LogP contribution is 2.36. The van der Waals surface area contributed by atoms with E-state index in [2.05, 4.69) is 0 Å². The second-order valence-electron chi connectivity index (χ2n) is 3.56. The maximum absolute atomic E-state index is 10.9. The Labute approximate surface area is 96.7 Å². The van der Waals surface area contributed by atoms with E-state index in [9.17, 15) is 18.6 Å². The summed E-state index contributed by atoms with van der Waals surface area (Å²) in [6.07, 6.45) is 0. The van der Waals surface area contributed by atoms with Crippen molar-refractivity contribution in [3.8, 4) is 11.5 Å². The first-order valence-electron chi connectivity index (χ1n) is 4.52. The predicted molar refractivity (Wildman–Crippen MR) is 61.5 cm³/mol. The summed E-state index contributed by atoms with van der Waals surface area (Å²) in [5.41, 5.74) is 5.69. The van der Waals surface area contributed by atoms with Crippen LogP contribution in [-0.4, -0.2) is 23.2 Å². The molecule has 0 aliphatic heterocycles.